The molecule has 1 atom stereocenters. The summed E-state index contributed by atoms with van der Waals surface area (Å²) < 4.78 is 37.5. The zero-order valence-corrected chi connectivity index (χ0v) is 15.1. The van der Waals surface area contributed by atoms with Gasteiger partial charge in [0.05, 0.1) is 6.54 Å². The summed E-state index contributed by atoms with van der Waals surface area (Å²) in [5.41, 5.74) is 1.60. The lowest BCUT2D eigenvalue weighted by atomic mass is 9.96. The number of amides is 3. The van der Waals surface area contributed by atoms with Gasteiger partial charge in [-0.15, -0.1) is 0 Å². The van der Waals surface area contributed by atoms with E-state index in [0.717, 1.165) is 16.5 Å². The number of piperidine rings is 1. The number of aromatic amines is 1. The van der Waals surface area contributed by atoms with Crippen molar-refractivity contribution in [2.75, 3.05) is 26.2 Å². The van der Waals surface area contributed by atoms with Crippen LogP contribution in [0.1, 0.15) is 24.4 Å². The van der Waals surface area contributed by atoms with Gasteiger partial charge in [-0.25, -0.2) is 4.79 Å². The first-order valence-corrected chi connectivity index (χ1v) is 9.29. The van der Waals surface area contributed by atoms with Gasteiger partial charge in [-0.05, 0) is 37.9 Å². The normalized spacial score (nSPS) is 22.2. The van der Waals surface area contributed by atoms with E-state index in [-0.39, 0.29) is 18.4 Å². The van der Waals surface area contributed by atoms with Crippen LogP contribution in [0.4, 0.5) is 18.0 Å². The molecule has 150 valence electrons. The molecule has 3 heterocycles. The van der Waals surface area contributed by atoms with Crippen LogP contribution < -0.4 is 5.32 Å². The lowest BCUT2D eigenvalue weighted by Gasteiger charge is -2.33. The van der Waals surface area contributed by atoms with E-state index < -0.39 is 24.8 Å². The molecule has 1 aromatic carbocycles. The van der Waals surface area contributed by atoms with E-state index >= 15 is 0 Å². The summed E-state index contributed by atoms with van der Waals surface area (Å²) in [6.45, 7) is -0.0335. The van der Waals surface area contributed by atoms with E-state index in [0.29, 0.717) is 25.9 Å². The summed E-state index contributed by atoms with van der Waals surface area (Å²) in [5.74, 6) is -0.298. The predicted molar refractivity (Wildman–Crippen MR) is 96.5 cm³/mol. The number of alkyl halides is 3. The number of nitrogens with one attached hydrogen (secondary N) is 2. The fourth-order valence-electron chi connectivity index (χ4n) is 4.07. The van der Waals surface area contributed by atoms with Gasteiger partial charge in [0.15, 0.2) is 0 Å². The third-order valence-corrected chi connectivity index (χ3v) is 5.51. The molecule has 1 aromatic heterocycles. The maximum Gasteiger partial charge on any atom is 0.401 e. The van der Waals surface area contributed by atoms with E-state index in [1.807, 2.05) is 24.3 Å². The van der Waals surface area contributed by atoms with Gasteiger partial charge in [-0.3, -0.25) is 14.6 Å². The van der Waals surface area contributed by atoms with Crippen LogP contribution in [0.15, 0.2) is 30.5 Å². The molecule has 0 radical (unpaired) electrons. The number of H-pyrrole nitrogens is 1. The van der Waals surface area contributed by atoms with E-state index in [1.165, 1.54) is 9.80 Å². The fourth-order valence-corrected chi connectivity index (χ4v) is 4.07. The summed E-state index contributed by atoms with van der Waals surface area (Å²) in [4.78, 5) is 30.9. The zero-order valence-electron chi connectivity index (χ0n) is 15.1. The lowest BCUT2D eigenvalue weighted by Crippen LogP contribution is -2.43. The molecule has 0 spiro atoms. The number of halogens is 3. The minimum atomic E-state index is -4.20. The number of carbonyl (C=O) groups is 2. The number of para-hydroxylation sites is 1. The van der Waals surface area contributed by atoms with Gasteiger partial charge in [-0.2, -0.15) is 13.2 Å². The van der Waals surface area contributed by atoms with Gasteiger partial charge < -0.3 is 10.3 Å². The smallest absolute Gasteiger partial charge is 0.361 e. The highest BCUT2D eigenvalue weighted by molar-refractivity contribution is 6.06. The van der Waals surface area contributed by atoms with Crippen molar-refractivity contribution in [3.63, 3.8) is 0 Å². The Morgan fingerprint density at radius 1 is 1.11 bits per heavy atom. The van der Waals surface area contributed by atoms with Crippen LogP contribution in [0.3, 0.4) is 0 Å². The molecule has 2 aromatic rings. The van der Waals surface area contributed by atoms with Crippen LogP contribution in [-0.2, 0) is 4.79 Å². The number of hydrogen-bond acceptors (Lipinski definition) is 3. The van der Waals surface area contributed by atoms with Crippen LogP contribution in [0.25, 0.3) is 10.9 Å². The fraction of sp³-hybridized carbons (Fsp3) is 0.474. The highest BCUT2D eigenvalue weighted by Crippen LogP contribution is 2.30. The van der Waals surface area contributed by atoms with Crippen molar-refractivity contribution in [3.05, 3.63) is 36.0 Å². The Morgan fingerprint density at radius 3 is 2.54 bits per heavy atom. The second kappa shape index (κ2) is 7.12. The number of nitrogens with zero attached hydrogens (tertiary/aromatic N) is 2. The number of fused-ring (bicyclic) bond motifs is 1. The van der Waals surface area contributed by atoms with Crippen LogP contribution in [0, 0.1) is 5.92 Å². The van der Waals surface area contributed by atoms with Gasteiger partial charge in [0.1, 0.15) is 6.04 Å². The first-order chi connectivity index (χ1) is 13.3. The van der Waals surface area contributed by atoms with Gasteiger partial charge in [-0.1, -0.05) is 18.2 Å². The molecule has 28 heavy (non-hydrogen) atoms. The molecule has 0 aliphatic carbocycles. The summed E-state index contributed by atoms with van der Waals surface area (Å²) in [6.07, 6.45) is -1.41. The Balaban J connectivity index is 1.40. The molecule has 0 bridgehead atoms. The maximum absolute atomic E-state index is 12.9. The topological polar surface area (TPSA) is 68.4 Å². The Hall–Kier alpha value is -2.55. The summed E-state index contributed by atoms with van der Waals surface area (Å²) >= 11 is 0. The molecule has 2 aliphatic rings. The van der Waals surface area contributed by atoms with Gasteiger partial charge in [0.2, 0.25) is 0 Å². The molecule has 2 aliphatic heterocycles. The van der Waals surface area contributed by atoms with Gasteiger partial charge in [0, 0.05) is 29.2 Å². The van der Waals surface area contributed by atoms with Crippen LogP contribution in [0.2, 0.25) is 0 Å². The summed E-state index contributed by atoms with van der Waals surface area (Å²) in [6, 6.07) is 6.35. The minimum Gasteiger partial charge on any atom is -0.361 e. The number of benzene rings is 1. The Bertz CT molecular complexity index is 887. The first kappa shape index (κ1) is 18.8. The van der Waals surface area contributed by atoms with Crippen LogP contribution >= 0.6 is 0 Å². The predicted octanol–water partition coefficient (Wildman–Crippen LogP) is 3.04. The Morgan fingerprint density at radius 2 is 1.82 bits per heavy atom. The molecule has 6 nitrogen and oxygen atoms in total. The third-order valence-electron chi connectivity index (χ3n) is 5.51. The minimum absolute atomic E-state index is 0.0147. The molecule has 2 fully saturated rings. The van der Waals surface area contributed by atoms with E-state index in [9.17, 15) is 22.8 Å². The molecular formula is C19H21F3N4O2. The van der Waals surface area contributed by atoms with Crippen molar-refractivity contribution in [2.45, 2.75) is 25.1 Å². The SMILES string of the molecule is O=C1NC(c2c[nH]c3ccccc23)C(=O)N1CC1CCN(CC(F)(F)F)CC1. The third kappa shape index (κ3) is 3.71. The van der Waals surface area contributed by atoms with Crippen molar-refractivity contribution in [1.29, 1.82) is 0 Å². The average molecular weight is 394 g/mol. The van der Waals surface area contributed by atoms with Crippen molar-refractivity contribution in [1.82, 2.24) is 20.1 Å². The lowest BCUT2D eigenvalue weighted by molar-refractivity contribution is -0.148. The maximum atomic E-state index is 12.9. The highest BCUT2D eigenvalue weighted by atomic mass is 19.4. The molecule has 2 saturated heterocycles. The summed E-state index contributed by atoms with van der Waals surface area (Å²) in [7, 11) is 0. The zero-order chi connectivity index (χ0) is 19.9. The molecular weight excluding hydrogens is 373 g/mol. The molecule has 2 N–H and O–H groups in total. The number of urea groups is 1. The molecule has 4 rings (SSSR count). The second-order valence-electron chi connectivity index (χ2n) is 7.46. The molecule has 1 unspecified atom stereocenters. The Labute approximate surface area is 159 Å². The van der Waals surface area contributed by atoms with Gasteiger partial charge in [0.25, 0.3) is 5.91 Å². The average Bonchev–Trinajstić information content (AvgIpc) is 3.18. The number of imide groups is 1. The van der Waals surface area contributed by atoms with Crippen LogP contribution in [0.5, 0.6) is 0 Å². The first-order valence-electron chi connectivity index (χ1n) is 9.29. The van der Waals surface area contributed by atoms with Crippen molar-refractivity contribution in [3.8, 4) is 0 Å². The molecule has 0 saturated carbocycles. The summed E-state index contributed by atoms with van der Waals surface area (Å²) in [5, 5.41) is 3.61. The monoisotopic (exact) mass is 394 g/mol. The van der Waals surface area contributed by atoms with Crippen LogP contribution in [-0.4, -0.2) is 59.1 Å². The van der Waals surface area contributed by atoms with E-state index in [1.54, 1.807) is 6.20 Å². The number of likely N-dealkylation sites (tertiary alicyclic amines) is 1. The standard InChI is InChI=1S/C19H21F3N4O2/c20-19(21,22)11-25-7-5-12(6-8-25)10-26-17(27)16(24-18(26)28)14-9-23-15-4-2-1-3-13(14)15/h1-4,9,12,16,23H,5-8,10-11H2,(H,24,28). The molecule has 3 amide bonds. The molecule has 9 heteroatoms. The quantitative estimate of drug-likeness (QED) is 0.784. The number of aromatic nitrogens is 1. The highest BCUT2D eigenvalue weighted by Gasteiger charge is 2.41. The number of hydrogen-bond donors (Lipinski definition) is 2. The van der Waals surface area contributed by atoms with E-state index in [4.69, 9.17) is 0 Å². The second-order valence-corrected chi connectivity index (χ2v) is 7.46. The van der Waals surface area contributed by atoms with Crippen molar-refractivity contribution >= 4 is 22.8 Å². The Kier molecular flexibility index (Phi) is 4.78. The van der Waals surface area contributed by atoms with Crippen molar-refractivity contribution in [2.24, 2.45) is 5.92 Å². The number of carbonyl (C=O) groups excluding carboxylic acids is 2. The van der Waals surface area contributed by atoms with Gasteiger partial charge >= 0.3 is 12.2 Å². The largest absolute Gasteiger partial charge is 0.401 e. The van der Waals surface area contributed by atoms with E-state index in [2.05, 4.69) is 10.3 Å². The van der Waals surface area contributed by atoms with Crippen molar-refractivity contribution < 1.29 is 22.8 Å². The number of rotatable bonds is 4.